The van der Waals surface area contributed by atoms with Crippen molar-refractivity contribution in [2.24, 2.45) is 0 Å². The maximum Gasteiger partial charge on any atom is 0.136 e. The number of fused-ring (bicyclic) bond motifs is 13. The van der Waals surface area contributed by atoms with Crippen molar-refractivity contribution < 1.29 is 4.42 Å². The van der Waals surface area contributed by atoms with Crippen LogP contribution < -0.4 is 4.90 Å². The maximum atomic E-state index is 6.44. The normalized spacial score (nSPS) is 13.1. The Bertz CT molecular complexity index is 3460. The van der Waals surface area contributed by atoms with Crippen molar-refractivity contribution in [3.05, 3.63) is 211 Å². The molecule has 0 saturated heterocycles. The standard InChI is InChI=1S/C57H39NO/c1-57(2)51-21-10-8-18-45(51)46-30-28-42(35-52(46)57)58(40-16-12-15-39(33-40)38-25-23-37(24-26-38)36-13-4-3-5-14-36)41-27-29-44-43-17-6-7-19-47(43)55-48(50(44)34-41)31-32-54-56(55)49-20-9-11-22-53(49)59-54/h3-35H,1-2H3. The molecule has 1 heterocycles. The van der Waals surface area contributed by atoms with Crippen LogP contribution in [0.2, 0.25) is 0 Å². The van der Waals surface area contributed by atoms with Crippen LogP contribution in [0.3, 0.4) is 0 Å². The van der Waals surface area contributed by atoms with Gasteiger partial charge < -0.3 is 9.32 Å². The van der Waals surface area contributed by atoms with Crippen molar-refractivity contribution in [3.8, 4) is 33.4 Å². The summed E-state index contributed by atoms with van der Waals surface area (Å²) < 4.78 is 6.44. The van der Waals surface area contributed by atoms with E-state index < -0.39 is 0 Å². The van der Waals surface area contributed by atoms with Crippen molar-refractivity contribution >= 4 is 71.3 Å². The predicted molar refractivity (Wildman–Crippen MR) is 249 cm³/mol. The van der Waals surface area contributed by atoms with Gasteiger partial charge in [0.15, 0.2) is 0 Å². The van der Waals surface area contributed by atoms with Gasteiger partial charge in [0.1, 0.15) is 11.2 Å². The minimum atomic E-state index is -0.132. The first kappa shape index (κ1) is 33.7. The molecular formula is C57H39NO. The fraction of sp³-hybridized carbons (Fsp3) is 0.0526. The minimum absolute atomic E-state index is 0.132. The van der Waals surface area contributed by atoms with Gasteiger partial charge in [0, 0.05) is 38.6 Å². The van der Waals surface area contributed by atoms with Crippen LogP contribution in [0.15, 0.2) is 205 Å². The molecule has 2 heteroatoms. The van der Waals surface area contributed by atoms with Gasteiger partial charge in [-0.1, -0.05) is 159 Å². The van der Waals surface area contributed by atoms with E-state index in [0.717, 1.165) is 33.6 Å². The van der Waals surface area contributed by atoms with Crippen molar-refractivity contribution in [1.82, 2.24) is 0 Å². The van der Waals surface area contributed by atoms with Crippen LogP contribution in [0.4, 0.5) is 17.1 Å². The minimum Gasteiger partial charge on any atom is -0.456 e. The van der Waals surface area contributed by atoms with E-state index in [2.05, 4.69) is 219 Å². The lowest BCUT2D eigenvalue weighted by molar-refractivity contribution is 0.660. The summed E-state index contributed by atoms with van der Waals surface area (Å²) in [6.45, 7) is 4.72. The fourth-order valence-corrected chi connectivity index (χ4v) is 9.97. The third kappa shape index (κ3) is 5.13. The summed E-state index contributed by atoms with van der Waals surface area (Å²) in [4.78, 5) is 2.45. The Balaban J connectivity index is 1.09. The second-order valence-electron chi connectivity index (χ2n) is 16.5. The number of para-hydroxylation sites is 1. The third-order valence-corrected chi connectivity index (χ3v) is 12.8. The molecular weight excluding hydrogens is 715 g/mol. The Kier molecular flexibility index (Phi) is 7.31. The van der Waals surface area contributed by atoms with Gasteiger partial charge in [0.25, 0.3) is 0 Å². The molecule has 278 valence electrons. The zero-order valence-corrected chi connectivity index (χ0v) is 32.9. The molecule has 0 spiro atoms. The van der Waals surface area contributed by atoms with E-state index in [4.69, 9.17) is 4.42 Å². The number of benzene rings is 10. The van der Waals surface area contributed by atoms with E-state index in [1.807, 2.05) is 0 Å². The molecule has 1 aliphatic rings. The van der Waals surface area contributed by atoms with E-state index in [1.54, 1.807) is 0 Å². The zero-order chi connectivity index (χ0) is 39.2. The molecule has 0 atom stereocenters. The monoisotopic (exact) mass is 753 g/mol. The topological polar surface area (TPSA) is 16.4 Å². The highest BCUT2D eigenvalue weighted by molar-refractivity contribution is 6.34. The van der Waals surface area contributed by atoms with Crippen LogP contribution in [0.25, 0.3) is 87.6 Å². The molecule has 1 aliphatic carbocycles. The Morgan fingerprint density at radius 3 is 1.76 bits per heavy atom. The molecule has 0 fully saturated rings. The molecule has 0 amide bonds. The zero-order valence-electron chi connectivity index (χ0n) is 32.9. The molecule has 10 aromatic carbocycles. The molecule has 0 bridgehead atoms. The molecule has 0 N–H and O–H groups in total. The Hall–Kier alpha value is -7.42. The van der Waals surface area contributed by atoms with Gasteiger partial charge in [0.05, 0.1) is 0 Å². The van der Waals surface area contributed by atoms with Gasteiger partial charge in [-0.2, -0.15) is 0 Å². The highest BCUT2D eigenvalue weighted by Gasteiger charge is 2.35. The summed E-state index contributed by atoms with van der Waals surface area (Å²) in [5, 5.41) is 9.70. The first-order chi connectivity index (χ1) is 29.0. The summed E-state index contributed by atoms with van der Waals surface area (Å²) in [6, 6.07) is 73.2. The summed E-state index contributed by atoms with van der Waals surface area (Å²) in [5.41, 5.74) is 15.2. The molecule has 2 nitrogen and oxygen atoms in total. The quantitative estimate of drug-likeness (QED) is 0.163. The molecule has 0 radical (unpaired) electrons. The van der Waals surface area contributed by atoms with E-state index >= 15 is 0 Å². The summed E-state index contributed by atoms with van der Waals surface area (Å²) in [7, 11) is 0. The predicted octanol–water partition coefficient (Wildman–Crippen LogP) is 16.2. The summed E-state index contributed by atoms with van der Waals surface area (Å²) >= 11 is 0. The molecule has 11 aromatic rings. The van der Waals surface area contributed by atoms with Crippen LogP contribution in [0, 0.1) is 0 Å². The van der Waals surface area contributed by atoms with Gasteiger partial charge in [-0.05, 0) is 126 Å². The number of hydrogen-bond acceptors (Lipinski definition) is 2. The number of rotatable bonds is 5. The Labute approximate surface area is 343 Å². The largest absolute Gasteiger partial charge is 0.456 e. The number of nitrogens with zero attached hydrogens (tertiary/aromatic N) is 1. The molecule has 12 rings (SSSR count). The highest BCUT2D eigenvalue weighted by Crippen LogP contribution is 2.51. The second kappa shape index (κ2) is 12.8. The van der Waals surface area contributed by atoms with Crippen molar-refractivity contribution in [2.75, 3.05) is 4.90 Å². The number of anilines is 3. The van der Waals surface area contributed by atoms with Crippen LogP contribution in [-0.4, -0.2) is 0 Å². The number of hydrogen-bond donors (Lipinski definition) is 0. The van der Waals surface area contributed by atoms with Gasteiger partial charge in [-0.25, -0.2) is 0 Å². The highest BCUT2D eigenvalue weighted by atomic mass is 16.3. The van der Waals surface area contributed by atoms with E-state index in [0.29, 0.717) is 0 Å². The van der Waals surface area contributed by atoms with Gasteiger partial charge in [0.2, 0.25) is 0 Å². The van der Waals surface area contributed by atoms with Crippen molar-refractivity contribution in [3.63, 3.8) is 0 Å². The average molecular weight is 754 g/mol. The van der Waals surface area contributed by atoms with Crippen molar-refractivity contribution in [2.45, 2.75) is 19.3 Å². The van der Waals surface area contributed by atoms with E-state index in [9.17, 15) is 0 Å². The Morgan fingerprint density at radius 1 is 0.339 bits per heavy atom. The fourth-order valence-electron chi connectivity index (χ4n) is 9.97. The Morgan fingerprint density at radius 2 is 0.915 bits per heavy atom. The van der Waals surface area contributed by atoms with Crippen LogP contribution in [-0.2, 0) is 5.41 Å². The lowest BCUT2D eigenvalue weighted by Crippen LogP contribution is -2.16. The first-order valence-corrected chi connectivity index (χ1v) is 20.5. The van der Waals surface area contributed by atoms with E-state index in [-0.39, 0.29) is 5.41 Å². The molecule has 59 heavy (non-hydrogen) atoms. The maximum absolute atomic E-state index is 6.44. The van der Waals surface area contributed by atoms with Gasteiger partial charge in [-0.3, -0.25) is 0 Å². The molecule has 0 aliphatic heterocycles. The SMILES string of the molecule is CC1(C)c2ccccc2-c2ccc(N(c3cccc(-c4ccc(-c5ccccc5)cc4)c3)c3ccc4c5ccccc5c5c(ccc6oc7ccccc7c65)c4c3)cc21. The third-order valence-electron chi connectivity index (χ3n) is 12.8. The average Bonchev–Trinajstić information content (AvgIpc) is 3.79. The van der Waals surface area contributed by atoms with Gasteiger partial charge in [-0.15, -0.1) is 0 Å². The second-order valence-corrected chi connectivity index (χ2v) is 16.5. The summed E-state index contributed by atoms with van der Waals surface area (Å²) in [6.07, 6.45) is 0. The smallest absolute Gasteiger partial charge is 0.136 e. The van der Waals surface area contributed by atoms with Crippen LogP contribution in [0.5, 0.6) is 0 Å². The van der Waals surface area contributed by atoms with E-state index in [1.165, 1.54) is 82.2 Å². The first-order valence-electron chi connectivity index (χ1n) is 20.5. The summed E-state index contributed by atoms with van der Waals surface area (Å²) in [5.74, 6) is 0. The van der Waals surface area contributed by atoms with Crippen molar-refractivity contribution in [1.29, 1.82) is 0 Å². The number of furan rings is 1. The van der Waals surface area contributed by atoms with Crippen LogP contribution >= 0.6 is 0 Å². The molecule has 0 unspecified atom stereocenters. The molecule has 1 aromatic heterocycles. The van der Waals surface area contributed by atoms with Crippen LogP contribution in [0.1, 0.15) is 25.0 Å². The lowest BCUT2D eigenvalue weighted by Gasteiger charge is -2.29. The molecule has 0 saturated carbocycles. The lowest BCUT2D eigenvalue weighted by atomic mass is 9.82. The van der Waals surface area contributed by atoms with Gasteiger partial charge >= 0.3 is 0 Å².